The molecule has 0 fully saturated rings. The van der Waals surface area contributed by atoms with Crippen molar-refractivity contribution in [3.8, 4) is 10.7 Å². The van der Waals surface area contributed by atoms with Crippen LogP contribution in [-0.2, 0) is 0 Å². The highest BCUT2D eigenvalue weighted by Gasteiger charge is 2.10. The zero-order valence-electron chi connectivity index (χ0n) is 8.81. The molecule has 1 aromatic carbocycles. The molecule has 0 saturated carbocycles. The molecule has 0 bridgehead atoms. The number of nitrogens with two attached hydrogens (primary N) is 1. The van der Waals surface area contributed by atoms with Crippen LogP contribution in [-0.4, -0.2) is 15.9 Å². The number of carbonyl (C=O) groups is 1. The Hall–Kier alpha value is -2.14. The first-order chi connectivity index (χ1) is 8.24. The van der Waals surface area contributed by atoms with Crippen LogP contribution in [0.2, 0.25) is 0 Å². The summed E-state index contributed by atoms with van der Waals surface area (Å²) in [6.07, 6.45) is 0. The molecule has 0 unspecified atom stereocenters. The second-order valence-electron chi connectivity index (χ2n) is 3.63. The number of hydrogen-bond donors (Lipinski definition) is 2. The number of benzene rings is 1. The number of rotatable bonds is 2. The number of thiophene rings is 1. The molecule has 0 spiro atoms. The third-order valence-corrected chi connectivity index (χ3v) is 3.58. The Balaban J connectivity index is 2.10. The first-order valence-corrected chi connectivity index (χ1v) is 5.90. The Labute approximate surface area is 101 Å². The van der Waals surface area contributed by atoms with Gasteiger partial charge in [-0.05, 0) is 24.3 Å². The van der Waals surface area contributed by atoms with Crippen LogP contribution in [0.5, 0.6) is 0 Å². The lowest BCUT2D eigenvalue weighted by Gasteiger charge is -1.88. The van der Waals surface area contributed by atoms with Gasteiger partial charge in [-0.25, -0.2) is 4.98 Å². The van der Waals surface area contributed by atoms with Crippen LogP contribution in [0.3, 0.4) is 0 Å². The maximum Gasteiger partial charge on any atom is 0.258 e. The van der Waals surface area contributed by atoms with Crippen LogP contribution in [0.15, 0.2) is 36.4 Å². The molecule has 0 aliphatic carbocycles. The van der Waals surface area contributed by atoms with Crippen molar-refractivity contribution in [1.29, 1.82) is 0 Å². The summed E-state index contributed by atoms with van der Waals surface area (Å²) in [4.78, 5) is 20.1. The maximum atomic E-state index is 11.0. The van der Waals surface area contributed by atoms with Crippen molar-refractivity contribution < 1.29 is 4.79 Å². The van der Waals surface area contributed by atoms with Crippen molar-refractivity contribution in [3.05, 3.63) is 41.3 Å². The number of amides is 1. The second-order valence-corrected chi connectivity index (χ2v) is 4.71. The van der Waals surface area contributed by atoms with Crippen LogP contribution in [0.25, 0.3) is 21.7 Å². The topological polar surface area (TPSA) is 71.8 Å². The molecule has 1 amide bonds. The SMILES string of the molecule is NC(=O)c1ccc(-c2nc3ccccc3[nH]2)s1. The number of para-hydroxylation sites is 2. The fourth-order valence-electron chi connectivity index (χ4n) is 1.67. The molecule has 4 nitrogen and oxygen atoms in total. The summed E-state index contributed by atoms with van der Waals surface area (Å²) in [5.41, 5.74) is 7.12. The van der Waals surface area contributed by atoms with E-state index in [1.165, 1.54) is 11.3 Å². The predicted octanol–water partition coefficient (Wildman–Crippen LogP) is 2.39. The molecule has 2 heterocycles. The van der Waals surface area contributed by atoms with Crippen molar-refractivity contribution in [2.75, 3.05) is 0 Å². The van der Waals surface area contributed by atoms with E-state index in [4.69, 9.17) is 5.73 Å². The third-order valence-electron chi connectivity index (χ3n) is 2.47. The van der Waals surface area contributed by atoms with Crippen molar-refractivity contribution in [1.82, 2.24) is 9.97 Å². The Morgan fingerprint density at radius 1 is 1.24 bits per heavy atom. The van der Waals surface area contributed by atoms with Gasteiger partial charge in [0.25, 0.3) is 5.91 Å². The van der Waals surface area contributed by atoms with Gasteiger partial charge in [-0.3, -0.25) is 4.79 Å². The molecular formula is C12H9N3OS. The van der Waals surface area contributed by atoms with E-state index in [0.717, 1.165) is 21.7 Å². The van der Waals surface area contributed by atoms with Gasteiger partial charge in [-0.15, -0.1) is 11.3 Å². The van der Waals surface area contributed by atoms with Gasteiger partial charge < -0.3 is 10.7 Å². The molecule has 84 valence electrons. The Morgan fingerprint density at radius 3 is 2.76 bits per heavy atom. The third kappa shape index (κ3) is 1.70. The molecule has 0 saturated heterocycles. The minimum absolute atomic E-state index is 0.405. The van der Waals surface area contributed by atoms with Gasteiger partial charge in [0, 0.05) is 0 Å². The average molecular weight is 243 g/mol. The van der Waals surface area contributed by atoms with Crippen molar-refractivity contribution in [3.63, 3.8) is 0 Å². The molecule has 3 aromatic rings. The largest absolute Gasteiger partial charge is 0.365 e. The molecule has 3 N–H and O–H groups in total. The number of H-pyrrole nitrogens is 1. The lowest BCUT2D eigenvalue weighted by Crippen LogP contribution is -2.07. The number of aromatic nitrogens is 2. The number of nitrogens with one attached hydrogen (secondary N) is 1. The van der Waals surface area contributed by atoms with Crippen LogP contribution < -0.4 is 5.73 Å². The summed E-state index contributed by atoms with van der Waals surface area (Å²) >= 11 is 1.34. The standard InChI is InChI=1S/C12H9N3OS/c13-11(16)9-5-6-10(17-9)12-14-7-3-1-2-4-8(7)15-12/h1-6H,(H2,13,16)(H,14,15). The van der Waals surface area contributed by atoms with Gasteiger partial charge >= 0.3 is 0 Å². The number of carbonyl (C=O) groups excluding carboxylic acids is 1. The van der Waals surface area contributed by atoms with E-state index in [9.17, 15) is 4.79 Å². The normalized spacial score (nSPS) is 10.8. The quantitative estimate of drug-likeness (QED) is 0.725. The maximum absolute atomic E-state index is 11.0. The minimum Gasteiger partial charge on any atom is -0.365 e. The number of imidazole rings is 1. The van der Waals surface area contributed by atoms with Gasteiger partial charge in [-0.1, -0.05) is 12.1 Å². The zero-order valence-corrected chi connectivity index (χ0v) is 9.62. The van der Waals surface area contributed by atoms with E-state index in [1.807, 2.05) is 30.3 Å². The smallest absolute Gasteiger partial charge is 0.258 e. The van der Waals surface area contributed by atoms with E-state index >= 15 is 0 Å². The monoisotopic (exact) mass is 243 g/mol. The highest BCUT2D eigenvalue weighted by Crippen LogP contribution is 2.27. The molecule has 0 aliphatic heterocycles. The molecule has 5 heteroatoms. The van der Waals surface area contributed by atoms with Crippen molar-refractivity contribution >= 4 is 28.3 Å². The molecule has 2 aromatic heterocycles. The van der Waals surface area contributed by atoms with Gasteiger partial charge in [0.15, 0.2) is 0 Å². The molecule has 17 heavy (non-hydrogen) atoms. The van der Waals surface area contributed by atoms with Gasteiger partial charge in [0.2, 0.25) is 0 Å². The number of aromatic amines is 1. The van der Waals surface area contributed by atoms with Crippen LogP contribution in [0.4, 0.5) is 0 Å². The van der Waals surface area contributed by atoms with Gasteiger partial charge in [0.05, 0.1) is 20.8 Å². The Bertz CT molecular complexity index is 665. The summed E-state index contributed by atoms with van der Waals surface area (Å²) in [5.74, 6) is 0.362. The summed E-state index contributed by atoms with van der Waals surface area (Å²) in [6, 6.07) is 11.4. The molecular weight excluding hydrogens is 234 g/mol. The van der Waals surface area contributed by atoms with Crippen molar-refractivity contribution in [2.45, 2.75) is 0 Å². The van der Waals surface area contributed by atoms with Gasteiger partial charge in [0.1, 0.15) is 5.82 Å². The van der Waals surface area contributed by atoms with Crippen molar-refractivity contribution in [2.24, 2.45) is 5.73 Å². The van der Waals surface area contributed by atoms with Crippen LogP contribution >= 0.6 is 11.3 Å². The summed E-state index contributed by atoms with van der Waals surface area (Å²) in [5, 5.41) is 0. The lowest BCUT2D eigenvalue weighted by atomic mass is 10.3. The molecule has 0 aliphatic rings. The number of primary amides is 1. The second kappa shape index (κ2) is 3.71. The predicted molar refractivity (Wildman–Crippen MR) is 67.9 cm³/mol. The zero-order chi connectivity index (χ0) is 11.8. The summed E-state index contributed by atoms with van der Waals surface area (Å²) < 4.78 is 0. The molecule has 0 atom stereocenters. The average Bonchev–Trinajstić information content (AvgIpc) is 2.95. The van der Waals surface area contributed by atoms with E-state index in [2.05, 4.69) is 9.97 Å². The summed E-state index contributed by atoms with van der Waals surface area (Å²) in [7, 11) is 0. The molecule has 0 radical (unpaired) electrons. The van der Waals surface area contributed by atoms with Gasteiger partial charge in [-0.2, -0.15) is 0 Å². The van der Waals surface area contributed by atoms with E-state index < -0.39 is 5.91 Å². The van der Waals surface area contributed by atoms with Crippen LogP contribution in [0.1, 0.15) is 9.67 Å². The van der Waals surface area contributed by atoms with E-state index in [0.29, 0.717) is 4.88 Å². The fraction of sp³-hybridized carbons (Fsp3) is 0. The Morgan fingerprint density at radius 2 is 2.06 bits per heavy atom. The fourth-order valence-corrected chi connectivity index (χ4v) is 2.47. The lowest BCUT2D eigenvalue weighted by molar-refractivity contribution is 0.100. The summed E-state index contributed by atoms with van der Waals surface area (Å²) in [6.45, 7) is 0. The number of fused-ring (bicyclic) bond motifs is 1. The highest BCUT2D eigenvalue weighted by atomic mass is 32.1. The highest BCUT2D eigenvalue weighted by molar-refractivity contribution is 7.17. The Kier molecular flexibility index (Phi) is 2.19. The minimum atomic E-state index is -0.405. The first kappa shape index (κ1) is 10.0. The van der Waals surface area contributed by atoms with Crippen LogP contribution in [0, 0.1) is 0 Å². The van der Waals surface area contributed by atoms with E-state index in [-0.39, 0.29) is 0 Å². The number of hydrogen-bond acceptors (Lipinski definition) is 3. The van der Waals surface area contributed by atoms with E-state index in [1.54, 1.807) is 6.07 Å². The first-order valence-electron chi connectivity index (χ1n) is 5.09. The number of nitrogens with zero attached hydrogens (tertiary/aromatic N) is 1. The molecule has 3 rings (SSSR count).